The molecule has 1 aromatic carbocycles. The number of benzene rings is 1. The fourth-order valence-corrected chi connectivity index (χ4v) is 3.46. The molecular formula is C16H24ClN. The molecule has 18 heavy (non-hydrogen) atoms. The van der Waals surface area contributed by atoms with Crippen LogP contribution in [0.5, 0.6) is 0 Å². The molecule has 0 bridgehead atoms. The fraction of sp³-hybridized carbons (Fsp3) is 0.625. The molecule has 1 saturated heterocycles. The van der Waals surface area contributed by atoms with E-state index in [1.165, 1.54) is 24.8 Å². The Morgan fingerprint density at radius 3 is 2.17 bits per heavy atom. The first-order chi connectivity index (χ1) is 8.33. The van der Waals surface area contributed by atoms with Crippen LogP contribution in [0.25, 0.3) is 0 Å². The summed E-state index contributed by atoms with van der Waals surface area (Å²) >= 11 is 6.30. The Bertz CT molecular complexity index is 407. The van der Waals surface area contributed by atoms with Gasteiger partial charge in [0.1, 0.15) is 0 Å². The molecule has 0 spiro atoms. The summed E-state index contributed by atoms with van der Waals surface area (Å²) in [5.74, 6) is 0. The van der Waals surface area contributed by atoms with E-state index in [1.54, 1.807) is 0 Å². The average molecular weight is 266 g/mol. The molecule has 0 atom stereocenters. The van der Waals surface area contributed by atoms with E-state index in [0.29, 0.717) is 0 Å². The summed E-state index contributed by atoms with van der Waals surface area (Å²) in [7, 11) is 0. The van der Waals surface area contributed by atoms with Gasteiger partial charge in [-0.15, -0.1) is 0 Å². The molecule has 1 nitrogen and oxygen atoms in total. The zero-order valence-electron chi connectivity index (χ0n) is 12.0. The highest BCUT2D eigenvalue weighted by Crippen LogP contribution is 2.39. The highest BCUT2D eigenvalue weighted by molar-refractivity contribution is 6.31. The van der Waals surface area contributed by atoms with Gasteiger partial charge in [-0.2, -0.15) is 0 Å². The topological polar surface area (TPSA) is 3.24 Å². The van der Waals surface area contributed by atoms with E-state index < -0.39 is 0 Å². The van der Waals surface area contributed by atoms with Crippen LogP contribution >= 0.6 is 11.6 Å². The fourth-order valence-electron chi connectivity index (χ4n) is 3.27. The zero-order valence-corrected chi connectivity index (χ0v) is 12.7. The van der Waals surface area contributed by atoms with Gasteiger partial charge in [-0.3, -0.25) is 4.90 Å². The minimum absolute atomic E-state index is 0.251. The first-order valence-corrected chi connectivity index (χ1v) is 7.22. The van der Waals surface area contributed by atoms with Crippen LogP contribution in [0.3, 0.4) is 0 Å². The smallest absolute Gasteiger partial charge is 0.0451 e. The number of nitrogens with zero attached hydrogens (tertiary/aromatic N) is 1. The maximum absolute atomic E-state index is 6.30. The monoisotopic (exact) mass is 265 g/mol. The summed E-state index contributed by atoms with van der Waals surface area (Å²) in [5.41, 5.74) is 1.74. The Morgan fingerprint density at radius 2 is 1.61 bits per heavy atom. The molecule has 1 aromatic rings. The van der Waals surface area contributed by atoms with Gasteiger partial charge in [0, 0.05) is 22.6 Å². The highest BCUT2D eigenvalue weighted by atomic mass is 35.5. The van der Waals surface area contributed by atoms with Crippen molar-refractivity contribution in [1.82, 2.24) is 4.90 Å². The van der Waals surface area contributed by atoms with Crippen molar-refractivity contribution in [3.63, 3.8) is 0 Å². The standard InChI is InChI=1S/C16H24ClN/c1-15(2)10-7-11-16(3,4)18(15)12-13-8-5-6-9-14(13)17/h5-6,8-9H,7,10-12H2,1-4H3. The van der Waals surface area contributed by atoms with Gasteiger partial charge in [0.15, 0.2) is 0 Å². The number of halogens is 1. The van der Waals surface area contributed by atoms with Gasteiger partial charge in [0.2, 0.25) is 0 Å². The molecule has 0 saturated carbocycles. The number of likely N-dealkylation sites (tertiary alicyclic amines) is 1. The lowest BCUT2D eigenvalue weighted by atomic mass is 9.79. The molecule has 1 fully saturated rings. The summed E-state index contributed by atoms with van der Waals surface area (Å²) in [6.45, 7) is 10.4. The third-order valence-corrected chi connectivity index (χ3v) is 4.69. The van der Waals surface area contributed by atoms with Gasteiger partial charge < -0.3 is 0 Å². The number of piperidine rings is 1. The van der Waals surface area contributed by atoms with E-state index in [9.17, 15) is 0 Å². The lowest BCUT2D eigenvalue weighted by molar-refractivity contribution is -0.0340. The second-order valence-corrected chi connectivity index (χ2v) is 7.06. The Morgan fingerprint density at radius 1 is 1.06 bits per heavy atom. The molecule has 1 heterocycles. The third kappa shape index (κ3) is 2.73. The Kier molecular flexibility index (Phi) is 3.75. The van der Waals surface area contributed by atoms with E-state index in [4.69, 9.17) is 11.6 Å². The molecule has 0 amide bonds. The quantitative estimate of drug-likeness (QED) is 0.736. The minimum Gasteiger partial charge on any atom is -0.289 e. The van der Waals surface area contributed by atoms with Gasteiger partial charge >= 0.3 is 0 Å². The van der Waals surface area contributed by atoms with Crippen molar-refractivity contribution in [2.45, 2.75) is 64.6 Å². The van der Waals surface area contributed by atoms with Gasteiger partial charge in [-0.1, -0.05) is 29.8 Å². The van der Waals surface area contributed by atoms with Gasteiger partial charge in [-0.05, 0) is 58.6 Å². The Balaban J connectivity index is 2.27. The van der Waals surface area contributed by atoms with Crippen LogP contribution in [0, 0.1) is 0 Å². The van der Waals surface area contributed by atoms with Gasteiger partial charge in [0.05, 0.1) is 0 Å². The van der Waals surface area contributed by atoms with E-state index in [1.807, 2.05) is 12.1 Å². The second kappa shape index (κ2) is 4.86. The van der Waals surface area contributed by atoms with Crippen LogP contribution in [-0.2, 0) is 6.54 Å². The van der Waals surface area contributed by atoms with Gasteiger partial charge in [-0.25, -0.2) is 0 Å². The molecule has 0 radical (unpaired) electrons. The predicted molar refractivity (Wildman–Crippen MR) is 79.0 cm³/mol. The van der Waals surface area contributed by atoms with Crippen LogP contribution in [0.2, 0.25) is 5.02 Å². The molecule has 2 rings (SSSR count). The van der Waals surface area contributed by atoms with Crippen molar-refractivity contribution in [3.8, 4) is 0 Å². The molecule has 0 aromatic heterocycles. The minimum atomic E-state index is 0.251. The van der Waals surface area contributed by atoms with Crippen LogP contribution in [-0.4, -0.2) is 16.0 Å². The second-order valence-electron chi connectivity index (χ2n) is 6.66. The summed E-state index contributed by atoms with van der Waals surface area (Å²) in [4.78, 5) is 2.62. The molecule has 1 aliphatic heterocycles. The molecule has 0 N–H and O–H groups in total. The molecule has 2 heteroatoms. The normalized spacial score (nSPS) is 22.9. The van der Waals surface area contributed by atoms with Crippen molar-refractivity contribution in [2.75, 3.05) is 0 Å². The first kappa shape index (κ1) is 13.9. The molecule has 0 unspecified atom stereocenters. The van der Waals surface area contributed by atoms with E-state index in [-0.39, 0.29) is 11.1 Å². The summed E-state index contributed by atoms with van der Waals surface area (Å²) < 4.78 is 0. The van der Waals surface area contributed by atoms with Crippen LogP contribution in [0.1, 0.15) is 52.5 Å². The molecule has 0 aliphatic carbocycles. The largest absolute Gasteiger partial charge is 0.289 e. The van der Waals surface area contributed by atoms with Crippen molar-refractivity contribution in [1.29, 1.82) is 0 Å². The average Bonchev–Trinajstić information content (AvgIpc) is 2.25. The number of hydrogen-bond donors (Lipinski definition) is 0. The van der Waals surface area contributed by atoms with Crippen molar-refractivity contribution < 1.29 is 0 Å². The van der Waals surface area contributed by atoms with Crippen molar-refractivity contribution in [2.24, 2.45) is 0 Å². The third-order valence-electron chi connectivity index (χ3n) is 4.32. The maximum atomic E-state index is 6.30. The Hall–Kier alpha value is -0.530. The van der Waals surface area contributed by atoms with Crippen LogP contribution in [0.4, 0.5) is 0 Å². The summed E-state index contributed by atoms with van der Waals surface area (Å²) in [6.07, 6.45) is 3.85. The highest BCUT2D eigenvalue weighted by Gasteiger charge is 2.41. The van der Waals surface area contributed by atoms with E-state index in [2.05, 4.69) is 44.7 Å². The number of hydrogen-bond acceptors (Lipinski definition) is 1. The molecule has 100 valence electrons. The lowest BCUT2D eigenvalue weighted by Crippen LogP contribution is -2.57. The SMILES string of the molecule is CC1(C)CCCC(C)(C)N1Cc1ccccc1Cl. The maximum Gasteiger partial charge on any atom is 0.0451 e. The first-order valence-electron chi connectivity index (χ1n) is 6.84. The summed E-state index contributed by atoms with van der Waals surface area (Å²) in [5, 5.41) is 0.884. The predicted octanol–water partition coefficient (Wildman–Crippen LogP) is 4.88. The Labute approximate surface area is 116 Å². The van der Waals surface area contributed by atoms with Gasteiger partial charge in [0.25, 0.3) is 0 Å². The van der Waals surface area contributed by atoms with Crippen molar-refractivity contribution >= 4 is 11.6 Å². The summed E-state index contributed by atoms with van der Waals surface area (Å²) in [6, 6.07) is 8.20. The number of rotatable bonds is 2. The zero-order chi connectivity index (χ0) is 13.4. The van der Waals surface area contributed by atoms with Crippen molar-refractivity contribution in [3.05, 3.63) is 34.9 Å². The lowest BCUT2D eigenvalue weighted by Gasteiger charge is -2.53. The van der Waals surface area contributed by atoms with Crippen LogP contribution < -0.4 is 0 Å². The molecular weight excluding hydrogens is 242 g/mol. The molecule has 1 aliphatic rings. The van der Waals surface area contributed by atoms with E-state index >= 15 is 0 Å². The van der Waals surface area contributed by atoms with E-state index in [0.717, 1.165) is 11.6 Å². The van der Waals surface area contributed by atoms with Crippen LogP contribution in [0.15, 0.2) is 24.3 Å².